The third-order valence-electron chi connectivity index (χ3n) is 4.14. The summed E-state index contributed by atoms with van der Waals surface area (Å²) in [5, 5.41) is 4.83. The van der Waals surface area contributed by atoms with E-state index >= 15 is 0 Å². The molecule has 3 rings (SSSR count). The van der Waals surface area contributed by atoms with Crippen LogP contribution < -0.4 is 10.1 Å². The van der Waals surface area contributed by atoms with Crippen molar-refractivity contribution in [2.24, 2.45) is 0 Å². The molecule has 2 aromatic carbocycles. The van der Waals surface area contributed by atoms with Crippen molar-refractivity contribution in [2.45, 2.75) is 24.5 Å². The molecule has 0 spiro atoms. The summed E-state index contributed by atoms with van der Waals surface area (Å²) in [6.07, 6.45) is 1.16. The lowest BCUT2D eigenvalue weighted by molar-refractivity contribution is 0.0940. The molecule has 1 atom stereocenters. The van der Waals surface area contributed by atoms with Crippen LogP contribution in [0, 0.1) is 0 Å². The molecule has 1 N–H and O–H groups in total. The molecule has 28 heavy (non-hydrogen) atoms. The maximum absolute atomic E-state index is 12.5. The van der Waals surface area contributed by atoms with Crippen molar-refractivity contribution < 1.29 is 17.9 Å². The Morgan fingerprint density at radius 2 is 1.82 bits per heavy atom. The lowest BCUT2D eigenvalue weighted by atomic mass is 10.1. The number of benzene rings is 2. The topological polar surface area (TPSA) is 85.4 Å². The number of hydrogen-bond donors (Lipinski definition) is 1. The number of thiazole rings is 1. The maximum Gasteiger partial charge on any atom is 0.251 e. The van der Waals surface area contributed by atoms with Gasteiger partial charge in [-0.05, 0) is 48.9 Å². The standard InChI is InChI=1S/C20H20N2O4S2/c1-14(15-5-9-19(10-6-15)28(2,24)25)22-20(23)16-3-7-18(8-4-16)26-11-17-12-27-13-21-17/h3-10,12-14H,11H2,1-2H3,(H,22,23)/t14-/m1/s1. The fourth-order valence-electron chi connectivity index (χ4n) is 2.54. The molecule has 1 amide bonds. The Kier molecular flexibility index (Phi) is 6.11. The Bertz CT molecular complexity index is 1030. The number of nitrogens with one attached hydrogen (secondary N) is 1. The fraction of sp³-hybridized carbons (Fsp3) is 0.200. The van der Waals surface area contributed by atoms with Crippen LogP contribution in [0.4, 0.5) is 0 Å². The average molecular weight is 417 g/mol. The Labute approximate surface area is 168 Å². The second-order valence-electron chi connectivity index (χ2n) is 6.33. The molecule has 0 aliphatic heterocycles. The highest BCUT2D eigenvalue weighted by Crippen LogP contribution is 2.18. The first-order valence-corrected chi connectivity index (χ1v) is 11.4. The summed E-state index contributed by atoms with van der Waals surface area (Å²) in [4.78, 5) is 16.9. The van der Waals surface area contributed by atoms with Gasteiger partial charge in [0.2, 0.25) is 0 Å². The van der Waals surface area contributed by atoms with Gasteiger partial charge < -0.3 is 10.1 Å². The minimum absolute atomic E-state index is 0.217. The molecule has 0 aliphatic rings. The SMILES string of the molecule is C[C@@H](NC(=O)c1ccc(OCc2cscn2)cc1)c1ccc(S(C)(=O)=O)cc1. The lowest BCUT2D eigenvalue weighted by Gasteiger charge is -2.15. The monoisotopic (exact) mass is 416 g/mol. The molecule has 1 heterocycles. The van der Waals surface area contributed by atoms with Crippen LogP contribution in [0.25, 0.3) is 0 Å². The molecular weight excluding hydrogens is 396 g/mol. The molecule has 146 valence electrons. The van der Waals surface area contributed by atoms with Crippen molar-refractivity contribution in [1.82, 2.24) is 10.3 Å². The predicted molar refractivity (Wildman–Crippen MR) is 108 cm³/mol. The van der Waals surface area contributed by atoms with Crippen molar-refractivity contribution in [2.75, 3.05) is 6.26 Å². The predicted octanol–water partition coefficient (Wildman–Crippen LogP) is 3.62. The Balaban J connectivity index is 1.59. The molecule has 0 saturated carbocycles. The molecular formula is C20H20N2O4S2. The van der Waals surface area contributed by atoms with Crippen LogP contribution in [0.3, 0.4) is 0 Å². The lowest BCUT2D eigenvalue weighted by Crippen LogP contribution is -2.26. The van der Waals surface area contributed by atoms with Gasteiger partial charge in [-0.3, -0.25) is 4.79 Å². The highest BCUT2D eigenvalue weighted by atomic mass is 32.2. The van der Waals surface area contributed by atoms with Crippen LogP contribution in [0.15, 0.2) is 64.3 Å². The first-order valence-electron chi connectivity index (χ1n) is 8.54. The van der Waals surface area contributed by atoms with Gasteiger partial charge in [0.15, 0.2) is 9.84 Å². The van der Waals surface area contributed by atoms with E-state index < -0.39 is 9.84 Å². The van der Waals surface area contributed by atoms with Gasteiger partial charge in [-0.25, -0.2) is 13.4 Å². The number of carbonyl (C=O) groups excluding carboxylic acids is 1. The van der Waals surface area contributed by atoms with E-state index in [1.165, 1.54) is 11.3 Å². The second-order valence-corrected chi connectivity index (χ2v) is 9.06. The summed E-state index contributed by atoms with van der Waals surface area (Å²) in [5.41, 5.74) is 3.95. The number of ether oxygens (including phenoxy) is 1. The van der Waals surface area contributed by atoms with Gasteiger partial charge in [-0.15, -0.1) is 11.3 Å². The smallest absolute Gasteiger partial charge is 0.251 e. The average Bonchev–Trinajstić information content (AvgIpc) is 3.20. The van der Waals surface area contributed by atoms with Crippen molar-refractivity contribution >= 4 is 27.1 Å². The zero-order valence-electron chi connectivity index (χ0n) is 15.5. The van der Waals surface area contributed by atoms with Gasteiger partial charge in [0.05, 0.1) is 22.1 Å². The molecule has 0 bridgehead atoms. The second kappa shape index (κ2) is 8.53. The zero-order valence-corrected chi connectivity index (χ0v) is 17.1. The summed E-state index contributed by atoms with van der Waals surface area (Å²) in [5.74, 6) is 0.444. The number of rotatable bonds is 7. The number of hydrogen-bond acceptors (Lipinski definition) is 6. The minimum Gasteiger partial charge on any atom is -0.487 e. The molecule has 8 heteroatoms. The van der Waals surface area contributed by atoms with Crippen molar-refractivity contribution in [3.8, 4) is 5.75 Å². The van der Waals surface area contributed by atoms with Crippen LogP contribution >= 0.6 is 11.3 Å². The summed E-state index contributed by atoms with van der Waals surface area (Å²) in [6.45, 7) is 2.23. The molecule has 0 saturated heterocycles. The summed E-state index contributed by atoms with van der Waals surface area (Å²) in [7, 11) is -3.24. The van der Waals surface area contributed by atoms with E-state index in [2.05, 4.69) is 10.3 Å². The van der Waals surface area contributed by atoms with Crippen LogP contribution in [0.5, 0.6) is 5.75 Å². The third-order valence-corrected chi connectivity index (χ3v) is 5.91. The van der Waals surface area contributed by atoms with E-state index in [0.717, 1.165) is 17.5 Å². The van der Waals surface area contributed by atoms with Crippen molar-refractivity contribution in [3.63, 3.8) is 0 Å². The van der Waals surface area contributed by atoms with E-state index in [9.17, 15) is 13.2 Å². The normalized spacial score (nSPS) is 12.4. The first kappa shape index (κ1) is 20.0. The highest BCUT2D eigenvalue weighted by molar-refractivity contribution is 7.90. The number of sulfone groups is 1. The molecule has 3 aromatic rings. The van der Waals surface area contributed by atoms with Crippen LogP contribution in [0.1, 0.15) is 34.6 Å². The molecule has 0 unspecified atom stereocenters. The van der Waals surface area contributed by atoms with Crippen molar-refractivity contribution in [3.05, 3.63) is 76.2 Å². The Morgan fingerprint density at radius 3 is 2.39 bits per heavy atom. The maximum atomic E-state index is 12.5. The Morgan fingerprint density at radius 1 is 1.14 bits per heavy atom. The molecule has 6 nitrogen and oxygen atoms in total. The van der Waals surface area contributed by atoms with Gasteiger partial charge >= 0.3 is 0 Å². The van der Waals surface area contributed by atoms with E-state index in [1.54, 1.807) is 54.0 Å². The molecule has 1 aromatic heterocycles. The quantitative estimate of drug-likeness (QED) is 0.636. The number of aromatic nitrogens is 1. The minimum atomic E-state index is -3.24. The first-order chi connectivity index (χ1) is 13.3. The molecule has 0 aliphatic carbocycles. The number of nitrogens with zero attached hydrogens (tertiary/aromatic N) is 1. The number of carbonyl (C=O) groups is 1. The van der Waals surface area contributed by atoms with Gasteiger partial charge in [0, 0.05) is 17.2 Å². The van der Waals surface area contributed by atoms with E-state index in [0.29, 0.717) is 17.9 Å². The van der Waals surface area contributed by atoms with Crippen molar-refractivity contribution in [1.29, 1.82) is 0 Å². The molecule has 0 fully saturated rings. The summed E-state index contributed by atoms with van der Waals surface area (Å²) < 4.78 is 28.7. The highest BCUT2D eigenvalue weighted by Gasteiger charge is 2.13. The van der Waals surface area contributed by atoms with Crippen LogP contribution in [0.2, 0.25) is 0 Å². The van der Waals surface area contributed by atoms with E-state index in [-0.39, 0.29) is 16.8 Å². The Hall–Kier alpha value is -2.71. The van der Waals surface area contributed by atoms with E-state index in [1.807, 2.05) is 12.3 Å². The van der Waals surface area contributed by atoms with Crippen LogP contribution in [-0.4, -0.2) is 25.6 Å². The summed E-state index contributed by atoms with van der Waals surface area (Å²) >= 11 is 1.51. The fourth-order valence-corrected chi connectivity index (χ4v) is 3.71. The van der Waals surface area contributed by atoms with Gasteiger partial charge in [0.25, 0.3) is 5.91 Å². The number of amides is 1. The van der Waals surface area contributed by atoms with Crippen LogP contribution in [-0.2, 0) is 16.4 Å². The third kappa shape index (κ3) is 5.17. The summed E-state index contributed by atoms with van der Waals surface area (Å²) in [6, 6.07) is 13.1. The molecule has 0 radical (unpaired) electrons. The van der Waals surface area contributed by atoms with Gasteiger partial charge in [-0.1, -0.05) is 12.1 Å². The van der Waals surface area contributed by atoms with Gasteiger partial charge in [-0.2, -0.15) is 0 Å². The zero-order chi connectivity index (χ0) is 20.1. The largest absolute Gasteiger partial charge is 0.487 e. The van der Waals surface area contributed by atoms with Gasteiger partial charge in [0.1, 0.15) is 12.4 Å². The van der Waals surface area contributed by atoms with E-state index in [4.69, 9.17) is 4.74 Å².